The van der Waals surface area contributed by atoms with Crippen LogP contribution in [0.3, 0.4) is 0 Å². The van der Waals surface area contributed by atoms with Crippen molar-refractivity contribution in [1.82, 2.24) is 9.80 Å². The molecule has 146 valence electrons. The van der Waals surface area contributed by atoms with Gasteiger partial charge in [0.05, 0.1) is 0 Å². The molecule has 1 aliphatic heterocycles. The summed E-state index contributed by atoms with van der Waals surface area (Å²) < 4.78 is 0. The van der Waals surface area contributed by atoms with Gasteiger partial charge in [0.15, 0.2) is 0 Å². The third-order valence-electron chi connectivity index (χ3n) is 5.38. The van der Waals surface area contributed by atoms with E-state index in [2.05, 4.69) is 34.6 Å². The molecule has 1 atom stereocenters. The summed E-state index contributed by atoms with van der Waals surface area (Å²) in [6.07, 6.45) is 6.77. The van der Waals surface area contributed by atoms with Crippen molar-refractivity contribution in [3.05, 3.63) is 0 Å². The van der Waals surface area contributed by atoms with E-state index in [0.717, 1.165) is 64.1 Å². The van der Waals surface area contributed by atoms with Crippen LogP contribution in [0.1, 0.15) is 79.6 Å². The van der Waals surface area contributed by atoms with E-state index in [9.17, 15) is 9.59 Å². The second kappa shape index (κ2) is 11.5. The molecule has 0 radical (unpaired) electrons. The van der Waals surface area contributed by atoms with Gasteiger partial charge in [0.2, 0.25) is 11.8 Å². The summed E-state index contributed by atoms with van der Waals surface area (Å²) in [6, 6.07) is 0. The first-order chi connectivity index (χ1) is 11.9. The molecule has 1 saturated heterocycles. The monoisotopic (exact) mass is 352 g/mol. The predicted molar refractivity (Wildman–Crippen MR) is 104 cm³/mol. The molecule has 0 aromatic rings. The number of piperidine rings is 1. The molecule has 1 unspecified atom stereocenters. The van der Waals surface area contributed by atoms with Crippen LogP contribution in [-0.4, -0.2) is 47.8 Å². The molecule has 1 aliphatic rings. The first-order valence-electron chi connectivity index (χ1n) is 10.5. The summed E-state index contributed by atoms with van der Waals surface area (Å²) in [5.74, 6) is 1.75. The van der Waals surface area contributed by atoms with Gasteiger partial charge in [-0.2, -0.15) is 0 Å². The highest BCUT2D eigenvalue weighted by molar-refractivity contribution is 5.80. The molecular formula is C21H40N2O2. The van der Waals surface area contributed by atoms with Gasteiger partial charge in [-0.3, -0.25) is 9.59 Å². The number of carbonyl (C=O) groups is 2. The average Bonchev–Trinajstić information content (AvgIpc) is 2.59. The Morgan fingerprint density at radius 2 is 1.80 bits per heavy atom. The fourth-order valence-corrected chi connectivity index (χ4v) is 3.59. The lowest BCUT2D eigenvalue weighted by atomic mass is 9.97. The molecule has 1 fully saturated rings. The van der Waals surface area contributed by atoms with Crippen LogP contribution in [0, 0.1) is 17.8 Å². The highest BCUT2D eigenvalue weighted by Gasteiger charge is 2.25. The summed E-state index contributed by atoms with van der Waals surface area (Å²) in [4.78, 5) is 29.4. The van der Waals surface area contributed by atoms with E-state index in [1.165, 1.54) is 0 Å². The van der Waals surface area contributed by atoms with Gasteiger partial charge in [0, 0.05) is 38.5 Å². The number of likely N-dealkylation sites (tertiary alicyclic amines) is 1. The molecule has 1 rings (SSSR count). The Kier molecular flexibility index (Phi) is 10.1. The Hall–Kier alpha value is -1.06. The zero-order valence-electron chi connectivity index (χ0n) is 17.2. The van der Waals surface area contributed by atoms with Crippen LogP contribution in [0.4, 0.5) is 0 Å². The molecule has 0 aliphatic carbocycles. The zero-order valence-corrected chi connectivity index (χ0v) is 17.2. The first-order valence-corrected chi connectivity index (χ1v) is 10.5. The van der Waals surface area contributed by atoms with E-state index in [-0.39, 0.29) is 17.7 Å². The second-order valence-electron chi connectivity index (χ2n) is 8.24. The Labute approximate surface area is 155 Å². The van der Waals surface area contributed by atoms with E-state index in [1.54, 1.807) is 0 Å². The Balaban J connectivity index is 2.59. The highest BCUT2D eigenvalue weighted by atomic mass is 16.2. The van der Waals surface area contributed by atoms with Crippen molar-refractivity contribution in [1.29, 1.82) is 0 Å². The first kappa shape index (κ1) is 22.0. The van der Waals surface area contributed by atoms with Crippen molar-refractivity contribution < 1.29 is 9.59 Å². The van der Waals surface area contributed by atoms with Crippen molar-refractivity contribution in [2.45, 2.75) is 79.6 Å². The van der Waals surface area contributed by atoms with Crippen molar-refractivity contribution >= 4 is 11.8 Å². The summed E-state index contributed by atoms with van der Waals surface area (Å²) in [5.41, 5.74) is 0. The normalized spacial score (nSPS) is 17.0. The maximum atomic E-state index is 12.9. The zero-order chi connectivity index (χ0) is 18.8. The Morgan fingerprint density at radius 1 is 1.16 bits per heavy atom. The molecule has 25 heavy (non-hydrogen) atoms. The number of amides is 2. The second-order valence-corrected chi connectivity index (χ2v) is 8.24. The summed E-state index contributed by atoms with van der Waals surface area (Å²) in [6.45, 7) is 13.9. The standard InChI is InChI=1S/C21H40N2O2/c1-6-8-9-19(7-2)21(25)23(16-17(3)4)15-12-20(24)22-13-10-18(5)11-14-22/h17-19H,6-16H2,1-5H3. The molecule has 4 heteroatoms. The van der Waals surface area contributed by atoms with Crippen LogP contribution in [-0.2, 0) is 9.59 Å². The van der Waals surface area contributed by atoms with Crippen LogP contribution in [0.15, 0.2) is 0 Å². The summed E-state index contributed by atoms with van der Waals surface area (Å²) in [7, 11) is 0. The van der Waals surface area contributed by atoms with Gasteiger partial charge in [-0.1, -0.05) is 47.5 Å². The van der Waals surface area contributed by atoms with Crippen molar-refractivity contribution in [2.24, 2.45) is 17.8 Å². The molecule has 0 aromatic carbocycles. The molecule has 1 heterocycles. The van der Waals surface area contributed by atoms with Crippen LogP contribution in [0.5, 0.6) is 0 Å². The van der Waals surface area contributed by atoms with Crippen LogP contribution < -0.4 is 0 Å². The van der Waals surface area contributed by atoms with Gasteiger partial charge >= 0.3 is 0 Å². The largest absolute Gasteiger partial charge is 0.343 e. The quantitative estimate of drug-likeness (QED) is 0.587. The Bertz CT molecular complexity index is 401. The van der Waals surface area contributed by atoms with Crippen LogP contribution >= 0.6 is 0 Å². The van der Waals surface area contributed by atoms with Crippen molar-refractivity contribution in [3.8, 4) is 0 Å². The number of carbonyl (C=O) groups excluding carboxylic acids is 2. The van der Waals surface area contributed by atoms with Crippen molar-refractivity contribution in [3.63, 3.8) is 0 Å². The lowest BCUT2D eigenvalue weighted by Gasteiger charge is -2.32. The number of rotatable bonds is 10. The fraction of sp³-hybridized carbons (Fsp3) is 0.905. The van der Waals surface area contributed by atoms with Gasteiger partial charge in [-0.05, 0) is 37.5 Å². The van der Waals surface area contributed by atoms with Crippen LogP contribution in [0.2, 0.25) is 0 Å². The van der Waals surface area contributed by atoms with Crippen LogP contribution in [0.25, 0.3) is 0 Å². The highest BCUT2D eigenvalue weighted by Crippen LogP contribution is 2.19. The Morgan fingerprint density at radius 3 is 2.32 bits per heavy atom. The lowest BCUT2D eigenvalue weighted by Crippen LogP contribution is -2.43. The summed E-state index contributed by atoms with van der Waals surface area (Å²) >= 11 is 0. The lowest BCUT2D eigenvalue weighted by molar-refractivity contribution is -0.138. The molecule has 0 spiro atoms. The average molecular weight is 353 g/mol. The van der Waals surface area contributed by atoms with E-state index in [1.807, 2.05) is 9.80 Å². The molecular weight excluding hydrogens is 312 g/mol. The third-order valence-corrected chi connectivity index (χ3v) is 5.38. The number of unbranched alkanes of at least 4 members (excludes halogenated alkanes) is 1. The van der Waals surface area contributed by atoms with E-state index in [4.69, 9.17) is 0 Å². The van der Waals surface area contributed by atoms with Gasteiger partial charge < -0.3 is 9.80 Å². The molecule has 0 saturated carbocycles. The number of hydrogen-bond donors (Lipinski definition) is 0. The SMILES string of the molecule is CCCCC(CC)C(=O)N(CCC(=O)N1CCC(C)CC1)CC(C)C. The minimum absolute atomic E-state index is 0.115. The third kappa shape index (κ3) is 7.79. The van der Waals surface area contributed by atoms with E-state index < -0.39 is 0 Å². The van der Waals surface area contributed by atoms with Gasteiger partial charge in [0.1, 0.15) is 0 Å². The van der Waals surface area contributed by atoms with Crippen molar-refractivity contribution in [2.75, 3.05) is 26.2 Å². The topological polar surface area (TPSA) is 40.6 Å². The number of nitrogens with zero attached hydrogens (tertiary/aromatic N) is 2. The molecule has 0 N–H and O–H groups in total. The number of hydrogen-bond acceptors (Lipinski definition) is 2. The van der Waals surface area contributed by atoms with Gasteiger partial charge in [-0.25, -0.2) is 0 Å². The van der Waals surface area contributed by atoms with Gasteiger partial charge in [0.25, 0.3) is 0 Å². The minimum atomic E-state index is 0.115. The molecule has 2 amide bonds. The predicted octanol–water partition coefficient (Wildman–Crippen LogP) is 4.34. The maximum Gasteiger partial charge on any atom is 0.225 e. The fourth-order valence-electron chi connectivity index (χ4n) is 3.59. The smallest absolute Gasteiger partial charge is 0.225 e. The molecule has 0 aromatic heterocycles. The summed E-state index contributed by atoms with van der Waals surface area (Å²) in [5, 5.41) is 0. The van der Waals surface area contributed by atoms with E-state index >= 15 is 0 Å². The molecule has 4 nitrogen and oxygen atoms in total. The molecule has 0 bridgehead atoms. The minimum Gasteiger partial charge on any atom is -0.343 e. The maximum absolute atomic E-state index is 12.9. The van der Waals surface area contributed by atoms with Gasteiger partial charge in [-0.15, -0.1) is 0 Å². The van der Waals surface area contributed by atoms with E-state index in [0.29, 0.717) is 18.9 Å².